The van der Waals surface area contributed by atoms with E-state index in [0.717, 1.165) is 19.9 Å². The molecule has 0 radical (unpaired) electrons. The fourth-order valence-corrected chi connectivity index (χ4v) is 5.02. The second-order valence-corrected chi connectivity index (χ2v) is 10.8. The number of sulfonamides is 1. The Morgan fingerprint density at radius 1 is 1.03 bits per heavy atom. The first-order chi connectivity index (χ1) is 15.7. The molecule has 0 aliphatic heterocycles. The maximum absolute atomic E-state index is 13.3. The second kappa shape index (κ2) is 11.3. The number of amides is 1. The fraction of sp³-hybridized carbons (Fsp3) is 0.130. The molecule has 33 heavy (non-hydrogen) atoms. The zero-order valence-electron chi connectivity index (χ0n) is 17.5. The van der Waals surface area contributed by atoms with E-state index in [1.54, 1.807) is 30.3 Å². The van der Waals surface area contributed by atoms with Crippen LogP contribution >= 0.6 is 39.1 Å². The van der Waals surface area contributed by atoms with Crippen molar-refractivity contribution in [1.29, 1.82) is 0 Å². The molecule has 0 aromatic heterocycles. The highest BCUT2D eigenvalue weighted by molar-refractivity contribution is 9.10. The number of rotatable bonds is 8. The molecule has 0 atom stereocenters. The molecule has 0 spiro atoms. The van der Waals surface area contributed by atoms with Crippen molar-refractivity contribution in [3.63, 3.8) is 0 Å². The molecule has 10 heteroatoms. The van der Waals surface area contributed by atoms with Crippen LogP contribution < -0.4 is 5.43 Å². The van der Waals surface area contributed by atoms with Crippen molar-refractivity contribution in [2.75, 3.05) is 6.54 Å². The van der Waals surface area contributed by atoms with Gasteiger partial charge in [0.15, 0.2) is 0 Å². The first-order valence-electron chi connectivity index (χ1n) is 9.74. The largest absolute Gasteiger partial charge is 0.272 e. The summed E-state index contributed by atoms with van der Waals surface area (Å²) in [6.45, 7) is 1.53. The van der Waals surface area contributed by atoms with Crippen molar-refractivity contribution in [1.82, 2.24) is 9.73 Å². The standard InChI is InChI=1S/C23H20BrCl2N3O3S/c1-16-5-7-17(8-6-16)14-29(33(31,32)19-11-9-18(24)10-12-19)15-23(30)28-27-13-20-21(25)3-2-4-22(20)26/h2-13H,14-15H2,1H3,(H,28,30)/b27-13-. The van der Waals surface area contributed by atoms with Crippen molar-refractivity contribution in [2.24, 2.45) is 5.10 Å². The van der Waals surface area contributed by atoms with Crippen LogP contribution in [0.25, 0.3) is 0 Å². The van der Waals surface area contributed by atoms with Crippen molar-refractivity contribution >= 4 is 61.3 Å². The lowest BCUT2D eigenvalue weighted by Crippen LogP contribution is -2.39. The van der Waals surface area contributed by atoms with Gasteiger partial charge in [0.05, 0.1) is 27.7 Å². The van der Waals surface area contributed by atoms with Gasteiger partial charge in [0.1, 0.15) is 0 Å². The van der Waals surface area contributed by atoms with E-state index in [2.05, 4.69) is 26.5 Å². The molecular formula is C23H20BrCl2N3O3S. The Morgan fingerprint density at radius 2 is 1.64 bits per heavy atom. The van der Waals surface area contributed by atoms with Crippen molar-refractivity contribution in [3.05, 3.63) is 97.9 Å². The highest BCUT2D eigenvalue weighted by Crippen LogP contribution is 2.23. The number of halogens is 3. The lowest BCUT2D eigenvalue weighted by atomic mass is 10.1. The predicted octanol–water partition coefficient (Wildman–Crippen LogP) is 5.41. The monoisotopic (exact) mass is 567 g/mol. The van der Waals surface area contributed by atoms with Gasteiger partial charge < -0.3 is 0 Å². The van der Waals surface area contributed by atoms with Gasteiger partial charge in [-0.2, -0.15) is 9.41 Å². The van der Waals surface area contributed by atoms with Crippen molar-refractivity contribution in [3.8, 4) is 0 Å². The van der Waals surface area contributed by atoms with Crippen LogP contribution in [-0.2, 0) is 21.4 Å². The highest BCUT2D eigenvalue weighted by Gasteiger charge is 2.27. The quantitative estimate of drug-likeness (QED) is 0.292. The minimum atomic E-state index is -3.95. The average molecular weight is 569 g/mol. The minimum absolute atomic E-state index is 0.0200. The smallest absolute Gasteiger partial charge is 0.255 e. The van der Waals surface area contributed by atoms with Crippen LogP contribution in [0.2, 0.25) is 10.0 Å². The maximum atomic E-state index is 13.3. The number of nitrogens with one attached hydrogen (secondary N) is 1. The normalized spacial score (nSPS) is 11.8. The third-order valence-electron chi connectivity index (χ3n) is 4.63. The number of benzene rings is 3. The number of nitrogens with zero attached hydrogens (tertiary/aromatic N) is 2. The van der Waals surface area contributed by atoms with Crippen molar-refractivity contribution in [2.45, 2.75) is 18.4 Å². The maximum Gasteiger partial charge on any atom is 0.255 e. The molecule has 0 heterocycles. The van der Waals surface area contributed by atoms with E-state index in [1.807, 2.05) is 31.2 Å². The molecule has 0 bridgehead atoms. The Hall–Kier alpha value is -2.23. The van der Waals surface area contributed by atoms with Gasteiger partial charge in [0, 0.05) is 16.6 Å². The van der Waals surface area contributed by atoms with Gasteiger partial charge in [-0.05, 0) is 48.9 Å². The van der Waals surface area contributed by atoms with E-state index < -0.39 is 22.5 Å². The van der Waals surface area contributed by atoms with Gasteiger partial charge in [-0.25, -0.2) is 13.8 Å². The van der Waals surface area contributed by atoms with Crippen LogP contribution in [-0.4, -0.2) is 31.4 Å². The summed E-state index contributed by atoms with van der Waals surface area (Å²) in [5.41, 5.74) is 4.59. The molecule has 0 fully saturated rings. The van der Waals surface area contributed by atoms with Crippen LogP contribution in [0, 0.1) is 6.92 Å². The molecule has 3 rings (SSSR count). The van der Waals surface area contributed by atoms with Gasteiger partial charge in [0.25, 0.3) is 5.91 Å². The van der Waals surface area contributed by atoms with Crippen LogP contribution in [0.1, 0.15) is 16.7 Å². The Bertz CT molecular complexity index is 1240. The van der Waals surface area contributed by atoms with Gasteiger partial charge in [-0.3, -0.25) is 4.79 Å². The van der Waals surface area contributed by atoms with E-state index in [0.29, 0.717) is 15.6 Å². The molecule has 172 valence electrons. The van der Waals surface area contributed by atoms with Gasteiger partial charge >= 0.3 is 0 Å². The summed E-state index contributed by atoms with van der Waals surface area (Å²) in [7, 11) is -3.95. The molecule has 0 saturated carbocycles. The number of hydrogen-bond donors (Lipinski definition) is 1. The fourth-order valence-electron chi connectivity index (χ4n) is 2.88. The van der Waals surface area contributed by atoms with E-state index >= 15 is 0 Å². The summed E-state index contributed by atoms with van der Waals surface area (Å²) < 4.78 is 28.4. The summed E-state index contributed by atoms with van der Waals surface area (Å²) >= 11 is 15.5. The van der Waals surface area contributed by atoms with Crippen molar-refractivity contribution < 1.29 is 13.2 Å². The molecule has 6 nitrogen and oxygen atoms in total. The number of carbonyl (C=O) groups excluding carboxylic acids is 1. The molecule has 0 aliphatic carbocycles. The van der Waals surface area contributed by atoms with E-state index in [4.69, 9.17) is 23.2 Å². The van der Waals surface area contributed by atoms with Crippen LogP contribution in [0.15, 0.2) is 81.2 Å². The molecule has 1 N–H and O–H groups in total. The summed E-state index contributed by atoms with van der Waals surface area (Å²) in [6.07, 6.45) is 1.32. The molecule has 3 aromatic rings. The second-order valence-electron chi connectivity index (χ2n) is 7.14. The zero-order valence-corrected chi connectivity index (χ0v) is 21.4. The molecule has 0 unspecified atom stereocenters. The van der Waals surface area contributed by atoms with Gasteiger partial charge in [0.2, 0.25) is 10.0 Å². The third-order valence-corrected chi connectivity index (χ3v) is 7.63. The lowest BCUT2D eigenvalue weighted by molar-refractivity contribution is -0.121. The molecular weight excluding hydrogens is 549 g/mol. The summed E-state index contributed by atoms with van der Waals surface area (Å²) in [4.78, 5) is 12.7. The summed E-state index contributed by atoms with van der Waals surface area (Å²) in [6, 6.07) is 18.6. The SMILES string of the molecule is Cc1ccc(CN(CC(=O)N/N=C\c2c(Cl)cccc2Cl)S(=O)(=O)c2ccc(Br)cc2)cc1. The first-order valence-corrected chi connectivity index (χ1v) is 12.7. The summed E-state index contributed by atoms with van der Waals surface area (Å²) in [5, 5.41) is 4.63. The number of hydrazone groups is 1. The number of hydrogen-bond acceptors (Lipinski definition) is 4. The topological polar surface area (TPSA) is 78.8 Å². The van der Waals surface area contributed by atoms with E-state index in [9.17, 15) is 13.2 Å². The first kappa shape index (κ1) is 25.4. The molecule has 3 aromatic carbocycles. The van der Waals surface area contributed by atoms with Gasteiger partial charge in [-0.1, -0.05) is 75.0 Å². The molecule has 0 aliphatic rings. The Kier molecular flexibility index (Phi) is 8.67. The minimum Gasteiger partial charge on any atom is -0.272 e. The van der Waals surface area contributed by atoms with Crippen LogP contribution in [0.5, 0.6) is 0 Å². The Labute approximate surface area is 211 Å². The predicted molar refractivity (Wildman–Crippen MR) is 135 cm³/mol. The third kappa shape index (κ3) is 6.88. The molecule has 0 saturated heterocycles. The zero-order chi connectivity index (χ0) is 24.0. The van der Waals surface area contributed by atoms with E-state index in [-0.39, 0.29) is 11.4 Å². The number of aryl methyl sites for hydroxylation is 1. The lowest BCUT2D eigenvalue weighted by Gasteiger charge is -2.21. The number of carbonyl (C=O) groups is 1. The van der Waals surface area contributed by atoms with E-state index in [1.165, 1.54) is 18.3 Å². The average Bonchev–Trinajstić information content (AvgIpc) is 2.77. The van der Waals surface area contributed by atoms with Gasteiger partial charge in [-0.15, -0.1) is 0 Å². The van der Waals surface area contributed by atoms with Crippen LogP contribution in [0.4, 0.5) is 0 Å². The summed E-state index contributed by atoms with van der Waals surface area (Å²) in [5.74, 6) is -0.609. The Balaban J connectivity index is 1.81. The highest BCUT2D eigenvalue weighted by atomic mass is 79.9. The van der Waals surface area contributed by atoms with Crippen LogP contribution in [0.3, 0.4) is 0 Å². The Morgan fingerprint density at radius 3 is 2.24 bits per heavy atom. The molecule has 1 amide bonds.